The van der Waals surface area contributed by atoms with Crippen molar-refractivity contribution in [3.05, 3.63) is 23.3 Å². The van der Waals surface area contributed by atoms with Crippen LogP contribution in [0.1, 0.15) is 53.4 Å². The predicted octanol–water partition coefficient (Wildman–Crippen LogP) is 2.14. The Labute approximate surface area is 183 Å². The molecule has 0 saturated heterocycles. The second-order valence-corrected chi connectivity index (χ2v) is 9.32. The Morgan fingerprint density at radius 3 is 2.67 bits per heavy atom. The molecule has 0 amide bonds. The SMILES string of the molecule is CCC[C@@H]1CC(C)([C@@H](O)CC(=O)OC(/C=C/C(N)=C/SCC)CO)C(=O)[C@H](C)C1O. The summed E-state index contributed by atoms with van der Waals surface area (Å²) in [7, 11) is 0. The standard InChI is InChI=1S/C22H37NO6S/c1-5-7-15-11-22(4,21(28)14(3)20(15)27)18(25)10-19(26)29-17(12-24)9-8-16(23)13-30-6-2/h8-9,13-15,17-18,20,24-25,27H,5-7,10-12,23H2,1-4H3/b9-8+,16-13-/t14-,15-,17?,18+,20?,22?/m1/s1. The van der Waals surface area contributed by atoms with Gasteiger partial charge in [-0.1, -0.05) is 34.1 Å². The zero-order valence-corrected chi connectivity index (χ0v) is 19.2. The van der Waals surface area contributed by atoms with Gasteiger partial charge in [0.2, 0.25) is 0 Å². The molecule has 8 heteroatoms. The largest absolute Gasteiger partial charge is 0.456 e. The molecule has 172 valence electrons. The number of allylic oxidation sites excluding steroid dienone is 1. The third-order valence-electron chi connectivity index (χ3n) is 5.77. The van der Waals surface area contributed by atoms with E-state index in [1.165, 1.54) is 17.8 Å². The summed E-state index contributed by atoms with van der Waals surface area (Å²) in [4.78, 5) is 25.2. The number of hydrogen-bond donors (Lipinski definition) is 4. The first kappa shape index (κ1) is 26.7. The van der Waals surface area contributed by atoms with E-state index in [-0.39, 0.29) is 18.1 Å². The zero-order chi connectivity index (χ0) is 22.9. The number of thioether (sulfide) groups is 1. The number of aliphatic hydroxyl groups excluding tert-OH is 3. The van der Waals surface area contributed by atoms with E-state index >= 15 is 0 Å². The van der Waals surface area contributed by atoms with Gasteiger partial charge in [-0.3, -0.25) is 9.59 Å². The van der Waals surface area contributed by atoms with Crippen molar-refractivity contribution >= 4 is 23.5 Å². The minimum atomic E-state index is -1.24. The van der Waals surface area contributed by atoms with Crippen molar-refractivity contribution in [1.29, 1.82) is 0 Å². The van der Waals surface area contributed by atoms with Crippen molar-refractivity contribution in [1.82, 2.24) is 0 Å². The highest BCUT2D eigenvalue weighted by molar-refractivity contribution is 8.02. The van der Waals surface area contributed by atoms with Crippen LogP contribution in [0.3, 0.4) is 0 Å². The molecule has 0 bridgehead atoms. The maximum atomic E-state index is 12.8. The predicted molar refractivity (Wildman–Crippen MR) is 118 cm³/mol. The fourth-order valence-electron chi connectivity index (χ4n) is 3.97. The molecule has 0 aromatic carbocycles. The van der Waals surface area contributed by atoms with Crippen LogP contribution in [0.4, 0.5) is 0 Å². The molecule has 30 heavy (non-hydrogen) atoms. The molecule has 3 unspecified atom stereocenters. The summed E-state index contributed by atoms with van der Waals surface area (Å²) in [5.74, 6) is -0.793. The lowest BCUT2D eigenvalue weighted by Gasteiger charge is -2.45. The van der Waals surface area contributed by atoms with Crippen LogP contribution in [0, 0.1) is 17.3 Å². The lowest BCUT2D eigenvalue weighted by molar-refractivity contribution is -0.162. The van der Waals surface area contributed by atoms with Crippen LogP contribution in [-0.2, 0) is 14.3 Å². The normalized spacial score (nSPS) is 29.8. The molecule has 1 fully saturated rings. The summed E-state index contributed by atoms with van der Waals surface area (Å²) in [6.07, 6.45) is 1.72. The number of carbonyl (C=O) groups is 2. The van der Waals surface area contributed by atoms with E-state index in [0.29, 0.717) is 12.1 Å². The summed E-state index contributed by atoms with van der Waals surface area (Å²) in [5.41, 5.74) is 5.15. The van der Waals surface area contributed by atoms with Gasteiger partial charge in [0.15, 0.2) is 0 Å². The minimum Gasteiger partial charge on any atom is -0.456 e. The van der Waals surface area contributed by atoms with Crippen LogP contribution in [-0.4, -0.2) is 57.7 Å². The number of rotatable bonds is 11. The maximum Gasteiger partial charge on any atom is 0.309 e. The number of ketones is 1. The number of aliphatic hydroxyl groups is 3. The Hall–Kier alpha value is -1.35. The molecule has 1 aliphatic rings. The molecule has 0 aliphatic heterocycles. The summed E-state index contributed by atoms with van der Waals surface area (Å²) < 4.78 is 5.23. The molecule has 0 aromatic rings. The number of Topliss-reactive ketones (excluding diaryl/α,β-unsaturated/α-hetero) is 1. The summed E-state index contributed by atoms with van der Waals surface area (Å²) >= 11 is 1.53. The molecule has 0 aromatic heterocycles. The van der Waals surface area contributed by atoms with Crippen molar-refractivity contribution in [3.8, 4) is 0 Å². The van der Waals surface area contributed by atoms with Crippen molar-refractivity contribution in [2.75, 3.05) is 12.4 Å². The third-order valence-corrected chi connectivity index (χ3v) is 6.54. The molecular formula is C22H37NO6S. The Bertz CT molecular complexity index is 637. The maximum absolute atomic E-state index is 12.8. The number of hydrogen-bond acceptors (Lipinski definition) is 8. The highest BCUT2D eigenvalue weighted by Crippen LogP contribution is 2.44. The fourth-order valence-corrected chi connectivity index (χ4v) is 4.41. The van der Waals surface area contributed by atoms with Crippen LogP contribution in [0.2, 0.25) is 0 Å². The molecule has 0 spiro atoms. The van der Waals surface area contributed by atoms with Crippen LogP contribution in [0.15, 0.2) is 23.3 Å². The van der Waals surface area contributed by atoms with E-state index in [4.69, 9.17) is 10.5 Å². The van der Waals surface area contributed by atoms with Crippen molar-refractivity contribution < 1.29 is 29.6 Å². The van der Waals surface area contributed by atoms with Gasteiger partial charge in [-0.05, 0) is 42.1 Å². The van der Waals surface area contributed by atoms with Gasteiger partial charge in [0.25, 0.3) is 0 Å². The Balaban J connectivity index is 2.79. The van der Waals surface area contributed by atoms with Crippen LogP contribution < -0.4 is 5.73 Å². The molecule has 1 rings (SSSR count). The Kier molecular flexibility index (Phi) is 11.1. The van der Waals surface area contributed by atoms with Gasteiger partial charge >= 0.3 is 5.97 Å². The third kappa shape index (κ3) is 7.11. The lowest BCUT2D eigenvalue weighted by atomic mass is 9.61. The molecular weight excluding hydrogens is 406 g/mol. The topological polar surface area (TPSA) is 130 Å². The van der Waals surface area contributed by atoms with Crippen molar-refractivity contribution in [2.24, 2.45) is 23.0 Å². The van der Waals surface area contributed by atoms with Gasteiger partial charge in [-0.2, -0.15) is 0 Å². The van der Waals surface area contributed by atoms with E-state index in [9.17, 15) is 24.9 Å². The van der Waals surface area contributed by atoms with E-state index in [0.717, 1.165) is 18.6 Å². The molecule has 5 N–H and O–H groups in total. The van der Waals surface area contributed by atoms with Crippen molar-refractivity contribution in [2.45, 2.75) is 71.7 Å². The summed E-state index contributed by atoms with van der Waals surface area (Å²) in [5, 5.41) is 32.4. The first-order chi connectivity index (χ1) is 14.1. The lowest BCUT2D eigenvalue weighted by Crippen LogP contribution is -2.54. The smallest absolute Gasteiger partial charge is 0.309 e. The van der Waals surface area contributed by atoms with Gasteiger partial charge < -0.3 is 25.8 Å². The zero-order valence-electron chi connectivity index (χ0n) is 18.4. The Morgan fingerprint density at radius 1 is 1.43 bits per heavy atom. The second-order valence-electron chi connectivity index (χ2n) is 8.18. The fraction of sp³-hybridized carbons (Fsp3) is 0.727. The van der Waals surface area contributed by atoms with E-state index in [1.807, 2.05) is 13.8 Å². The summed E-state index contributed by atoms with van der Waals surface area (Å²) in [6, 6.07) is 0. The molecule has 0 radical (unpaired) electrons. The quantitative estimate of drug-likeness (QED) is 0.282. The van der Waals surface area contributed by atoms with Gasteiger partial charge in [0.05, 0.1) is 30.7 Å². The van der Waals surface area contributed by atoms with E-state index < -0.39 is 42.2 Å². The first-order valence-electron chi connectivity index (χ1n) is 10.6. The van der Waals surface area contributed by atoms with Gasteiger partial charge in [0.1, 0.15) is 11.9 Å². The number of nitrogens with two attached hydrogens (primary N) is 1. The first-order valence-corrected chi connectivity index (χ1v) is 11.6. The highest BCUT2D eigenvalue weighted by Gasteiger charge is 2.51. The Morgan fingerprint density at radius 2 is 2.10 bits per heavy atom. The van der Waals surface area contributed by atoms with Gasteiger partial charge in [-0.15, -0.1) is 11.8 Å². The second kappa shape index (κ2) is 12.5. The van der Waals surface area contributed by atoms with Crippen LogP contribution in [0.25, 0.3) is 0 Å². The number of carbonyl (C=O) groups excluding carboxylic acids is 2. The van der Waals surface area contributed by atoms with Crippen LogP contribution >= 0.6 is 11.8 Å². The molecule has 1 aliphatic carbocycles. The molecule has 0 heterocycles. The number of ether oxygens (including phenoxy) is 1. The minimum absolute atomic E-state index is 0.109. The van der Waals surface area contributed by atoms with E-state index in [1.54, 1.807) is 25.3 Å². The van der Waals surface area contributed by atoms with E-state index in [2.05, 4.69) is 0 Å². The van der Waals surface area contributed by atoms with Crippen molar-refractivity contribution in [3.63, 3.8) is 0 Å². The summed E-state index contributed by atoms with van der Waals surface area (Å²) in [6.45, 7) is 6.89. The van der Waals surface area contributed by atoms with Gasteiger partial charge in [-0.25, -0.2) is 0 Å². The molecule has 1 saturated carbocycles. The molecule has 7 nitrogen and oxygen atoms in total. The monoisotopic (exact) mass is 443 g/mol. The average Bonchev–Trinajstić information content (AvgIpc) is 2.71. The molecule has 6 atom stereocenters. The van der Waals surface area contributed by atoms with Gasteiger partial charge in [0, 0.05) is 11.6 Å². The number of esters is 1. The van der Waals surface area contributed by atoms with Crippen LogP contribution in [0.5, 0.6) is 0 Å². The highest BCUT2D eigenvalue weighted by atomic mass is 32.2. The average molecular weight is 444 g/mol.